The number of alkyl halides is 4. The molecule has 2 aromatic carbocycles. The maximum atomic E-state index is 12.8. The third-order valence-corrected chi connectivity index (χ3v) is 3.50. The van der Waals surface area contributed by atoms with E-state index < -0.39 is 19.0 Å². The molecule has 0 radical (unpaired) electrons. The Kier molecular flexibility index (Phi) is 9.81. The molecule has 148 valence electrons. The van der Waals surface area contributed by atoms with Gasteiger partial charge in [-0.2, -0.15) is 13.2 Å². The number of rotatable bonds is 9. The summed E-state index contributed by atoms with van der Waals surface area (Å²) < 4.78 is 59.3. The summed E-state index contributed by atoms with van der Waals surface area (Å²) in [5.74, 6) is 0.872. The van der Waals surface area contributed by atoms with Gasteiger partial charge in [-0.3, -0.25) is 6.42 Å². The fourth-order valence-corrected chi connectivity index (χ4v) is 2.11. The van der Waals surface area contributed by atoms with Crippen molar-refractivity contribution in [1.82, 2.24) is 0 Å². The van der Waals surface area contributed by atoms with Gasteiger partial charge >= 0.3 is 6.18 Å². The van der Waals surface area contributed by atoms with Crippen molar-refractivity contribution >= 4 is 0 Å². The number of halogens is 4. The summed E-state index contributed by atoms with van der Waals surface area (Å²) >= 11 is 0. The summed E-state index contributed by atoms with van der Waals surface area (Å²) in [7, 11) is 0. The quantitative estimate of drug-likeness (QED) is 0.288. The Hall–Kier alpha value is -1.59. The Morgan fingerprint density at radius 1 is 0.889 bits per heavy atom. The van der Waals surface area contributed by atoms with Gasteiger partial charge < -0.3 is 14.6 Å². The van der Waals surface area contributed by atoms with Crippen molar-refractivity contribution in [3.63, 3.8) is 0 Å². The van der Waals surface area contributed by atoms with Crippen LogP contribution in [0.4, 0.5) is 17.6 Å². The Morgan fingerprint density at radius 2 is 1.37 bits per heavy atom. The molecule has 8 heteroatoms. The summed E-state index contributed by atoms with van der Waals surface area (Å²) in [6.07, 6.45) is -5.70. The molecule has 27 heavy (non-hydrogen) atoms. The van der Waals surface area contributed by atoms with E-state index in [1.807, 2.05) is 24.3 Å². The van der Waals surface area contributed by atoms with E-state index in [2.05, 4.69) is 0 Å². The second kappa shape index (κ2) is 11.3. The molecule has 0 aromatic heterocycles. The Labute approximate surface area is 169 Å². The largest absolute Gasteiger partial charge is 0.525 e. The molecule has 0 heterocycles. The summed E-state index contributed by atoms with van der Waals surface area (Å²) in [6, 6.07) is 13.9. The molecule has 0 fully saturated rings. The fourth-order valence-electron chi connectivity index (χ4n) is 2.11. The van der Waals surface area contributed by atoms with Gasteiger partial charge in [0.05, 0.1) is 0 Å². The van der Waals surface area contributed by atoms with Crippen LogP contribution in [0.5, 0.6) is 11.5 Å². The van der Waals surface area contributed by atoms with Crippen LogP contribution in [0, 0.1) is 6.42 Å². The maximum absolute atomic E-state index is 12.8. The molecule has 1 N–H and O–H groups in total. The Morgan fingerprint density at radius 3 is 1.81 bits per heavy atom. The first-order valence-electron chi connectivity index (χ1n) is 7.95. The van der Waals surface area contributed by atoms with Crippen LogP contribution >= 0.6 is 0 Å². The normalized spacial score (nSPS) is 12.2. The van der Waals surface area contributed by atoms with Crippen LogP contribution in [0.25, 0.3) is 0 Å². The third-order valence-electron chi connectivity index (χ3n) is 3.50. The van der Waals surface area contributed by atoms with E-state index >= 15 is 0 Å². The van der Waals surface area contributed by atoms with Gasteiger partial charge in [-0.25, -0.2) is 4.39 Å². The second-order valence-electron chi connectivity index (χ2n) is 5.57. The molecule has 0 aliphatic carbocycles. The van der Waals surface area contributed by atoms with Crippen LogP contribution in [-0.4, -0.2) is 37.3 Å². The minimum atomic E-state index is -4.91. The summed E-state index contributed by atoms with van der Waals surface area (Å²) in [6.45, 7) is -0.774. The first-order chi connectivity index (χ1) is 12.4. The van der Waals surface area contributed by atoms with Crippen molar-refractivity contribution < 1.29 is 53.2 Å². The minimum absolute atomic E-state index is 0. The van der Waals surface area contributed by atoms with Crippen LogP contribution in [0.3, 0.4) is 0 Å². The topological polar surface area (TPSA) is 38.7 Å². The molecule has 1 unspecified atom stereocenters. The van der Waals surface area contributed by atoms with Crippen LogP contribution < -0.4 is 9.47 Å². The predicted molar refractivity (Wildman–Crippen MR) is 89.0 cm³/mol. The molecule has 0 saturated carbocycles. The summed E-state index contributed by atoms with van der Waals surface area (Å²) in [5.41, 5.74) is 1.96. The van der Waals surface area contributed by atoms with Gasteiger partial charge in [0.2, 0.25) is 6.17 Å². The van der Waals surface area contributed by atoms with Gasteiger partial charge in [-0.05, 0) is 48.4 Å². The molecule has 2 aromatic rings. The van der Waals surface area contributed by atoms with Gasteiger partial charge in [-0.1, -0.05) is 30.9 Å². The molecular formula is C19H19F4O3W-. The average molecular weight is 555 g/mol. The predicted octanol–water partition coefficient (Wildman–Crippen LogP) is 4.13. The van der Waals surface area contributed by atoms with E-state index in [0.717, 1.165) is 11.1 Å². The molecule has 1 atom stereocenters. The van der Waals surface area contributed by atoms with Crippen LogP contribution in [0.15, 0.2) is 48.5 Å². The Bertz CT molecular complexity index is 660. The number of hydrogen-bond acceptors (Lipinski definition) is 3. The fraction of sp³-hybridized carbons (Fsp3) is 0.316. The second-order valence-corrected chi connectivity index (χ2v) is 5.57. The summed E-state index contributed by atoms with van der Waals surface area (Å²) in [4.78, 5) is 0. The molecule has 0 spiro atoms. The monoisotopic (exact) mass is 555 g/mol. The first-order valence-corrected chi connectivity index (χ1v) is 7.95. The van der Waals surface area contributed by atoms with Gasteiger partial charge in [0.15, 0.2) is 0 Å². The first kappa shape index (κ1) is 23.4. The van der Waals surface area contributed by atoms with Crippen LogP contribution in [-0.2, 0) is 27.5 Å². The van der Waals surface area contributed by atoms with Crippen molar-refractivity contribution in [1.29, 1.82) is 0 Å². The van der Waals surface area contributed by atoms with Crippen molar-refractivity contribution in [2.45, 2.75) is 18.8 Å². The molecule has 0 saturated heterocycles. The van der Waals surface area contributed by atoms with Gasteiger partial charge in [0.1, 0.15) is 18.1 Å². The number of ether oxygens (including phenoxy) is 2. The van der Waals surface area contributed by atoms with Crippen molar-refractivity contribution in [2.24, 2.45) is 0 Å². The van der Waals surface area contributed by atoms with E-state index in [1.54, 1.807) is 18.6 Å². The zero-order valence-corrected chi connectivity index (χ0v) is 17.2. The maximum Gasteiger partial charge on any atom is 0.423 e. The van der Waals surface area contributed by atoms with Crippen molar-refractivity contribution in [3.05, 3.63) is 66.1 Å². The smallest absolute Gasteiger partial charge is 0.423 e. The molecule has 0 amide bonds. The van der Waals surface area contributed by atoms with E-state index in [-0.39, 0.29) is 33.4 Å². The van der Waals surface area contributed by atoms with E-state index in [4.69, 9.17) is 14.6 Å². The molecule has 0 bridgehead atoms. The molecule has 0 aliphatic heterocycles. The number of hydrogen-bond donors (Lipinski definition) is 1. The van der Waals surface area contributed by atoms with Gasteiger partial charge in [-0.15, -0.1) is 0 Å². The number of benzene rings is 2. The minimum Gasteiger partial charge on any atom is -0.525 e. The van der Waals surface area contributed by atoms with E-state index in [0.29, 0.717) is 18.8 Å². The van der Waals surface area contributed by atoms with Crippen molar-refractivity contribution in [3.8, 4) is 11.5 Å². The number of aliphatic hydroxyl groups is 1. The zero-order chi connectivity index (χ0) is 19.0. The standard InChI is InChI=1S/C19H19F4O3.W/c20-18(19(21,22)23)13-26-17-8-4-15(5-9-17)12-14-2-6-16(7-3-14)25-11-1-10-24;/h1-9,18,24H,10-13H2;/q-1;. The molecule has 3 nitrogen and oxygen atoms in total. The van der Waals surface area contributed by atoms with Gasteiger partial charge in [0, 0.05) is 21.1 Å². The summed E-state index contributed by atoms with van der Waals surface area (Å²) in [5, 5.41) is 8.66. The average Bonchev–Trinajstić information content (AvgIpc) is 2.62. The Balaban J connectivity index is 0.00000364. The number of aliphatic hydroxyl groups excluding tert-OH is 1. The van der Waals surface area contributed by atoms with Crippen LogP contribution in [0.1, 0.15) is 11.1 Å². The molecule has 2 rings (SSSR count). The van der Waals surface area contributed by atoms with Gasteiger partial charge in [0.25, 0.3) is 0 Å². The van der Waals surface area contributed by atoms with E-state index in [1.165, 1.54) is 12.1 Å². The van der Waals surface area contributed by atoms with Crippen LogP contribution in [0.2, 0.25) is 0 Å². The zero-order valence-electron chi connectivity index (χ0n) is 14.3. The van der Waals surface area contributed by atoms with E-state index in [9.17, 15) is 17.6 Å². The van der Waals surface area contributed by atoms with Crippen molar-refractivity contribution in [2.75, 3.05) is 19.8 Å². The molecule has 0 aliphatic rings. The third kappa shape index (κ3) is 8.31. The molecular weight excluding hydrogens is 536 g/mol. The SMILES string of the molecule is OC[CH-]COc1ccc(Cc2ccc(OCC(F)C(F)(F)F)cc2)cc1.[W].